The number of carbonyl (C=O) groups excluding carboxylic acids is 1. The Morgan fingerprint density at radius 2 is 1.83 bits per heavy atom. The van der Waals surface area contributed by atoms with E-state index in [1.54, 1.807) is 0 Å². The van der Waals surface area contributed by atoms with Crippen molar-refractivity contribution >= 4 is 5.97 Å². The van der Waals surface area contributed by atoms with Crippen molar-refractivity contribution in [3.8, 4) is 0 Å². The maximum Gasteiger partial charge on any atom is 0.309 e. The van der Waals surface area contributed by atoms with Gasteiger partial charge >= 0.3 is 5.97 Å². The molecular weight excluding hydrogens is 226 g/mol. The van der Waals surface area contributed by atoms with Crippen LogP contribution in [0, 0.1) is 5.92 Å². The van der Waals surface area contributed by atoms with E-state index in [1.165, 1.54) is 12.7 Å². The summed E-state index contributed by atoms with van der Waals surface area (Å²) in [5.74, 6) is 0.138. The minimum absolute atomic E-state index is 0.114. The minimum Gasteiger partial charge on any atom is -0.469 e. The molecule has 0 aromatic heterocycles. The van der Waals surface area contributed by atoms with Gasteiger partial charge in [0.05, 0.1) is 13.0 Å². The Morgan fingerprint density at radius 1 is 1.22 bits per heavy atom. The molecule has 0 heterocycles. The van der Waals surface area contributed by atoms with Crippen molar-refractivity contribution in [2.75, 3.05) is 13.7 Å². The Morgan fingerprint density at radius 3 is 2.39 bits per heavy atom. The highest BCUT2D eigenvalue weighted by atomic mass is 16.5. The largest absolute Gasteiger partial charge is 0.469 e. The van der Waals surface area contributed by atoms with Crippen LogP contribution in [0.4, 0.5) is 0 Å². The van der Waals surface area contributed by atoms with Gasteiger partial charge in [0.15, 0.2) is 0 Å². The van der Waals surface area contributed by atoms with Crippen LogP contribution in [0.3, 0.4) is 0 Å². The van der Waals surface area contributed by atoms with Gasteiger partial charge in [-0.1, -0.05) is 44.2 Å². The summed E-state index contributed by atoms with van der Waals surface area (Å²) >= 11 is 0. The van der Waals surface area contributed by atoms with Crippen LogP contribution in [0.2, 0.25) is 0 Å². The van der Waals surface area contributed by atoms with Crippen molar-refractivity contribution in [2.24, 2.45) is 5.92 Å². The molecule has 0 bridgehead atoms. The topological polar surface area (TPSA) is 38.3 Å². The third-order valence-corrected chi connectivity index (χ3v) is 3.44. The highest BCUT2D eigenvalue weighted by molar-refractivity contribution is 5.72. The van der Waals surface area contributed by atoms with Crippen molar-refractivity contribution < 1.29 is 9.53 Å². The quantitative estimate of drug-likeness (QED) is 0.787. The number of hydrogen-bond donors (Lipinski definition) is 1. The molecule has 3 heteroatoms. The first-order valence-electron chi connectivity index (χ1n) is 6.42. The van der Waals surface area contributed by atoms with Crippen molar-refractivity contribution in [3.63, 3.8) is 0 Å². The first-order valence-corrected chi connectivity index (χ1v) is 6.42. The summed E-state index contributed by atoms with van der Waals surface area (Å²) < 4.78 is 4.75. The molecule has 3 nitrogen and oxygen atoms in total. The summed E-state index contributed by atoms with van der Waals surface area (Å²) in [4.78, 5) is 11.4. The molecule has 0 fully saturated rings. The van der Waals surface area contributed by atoms with E-state index in [0.29, 0.717) is 5.92 Å². The third kappa shape index (κ3) is 4.15. The second-order valence-corrected chi connectivity index (χ2v) is 4.82. The number of esters is 1. The second kappa shape index (κ2) is 7.17. The molecule has 1 N–H and O–H groups in total. The lowest BCUT2D eigenvalue weighted by Crippen LogP contribution is -2.38. The Hall–Kier alpha value is -1.35. The molecule has 1 rings (SSSR count). The van der Waals surface area contributed by atoms with E-state index in [9.17, 15) is 4.79 Å². The van der Waals surface area contributed by atoms with Gasteiger partial charge in [-0.05, 0) is 18.4 Å². The molecule has 0 saturated heterocycles. The van der Waals surface area contributed by atoms with E-state index < -0.39 is 0 Å². The molecule has 0 radical (unpaired) electrons. The summed E-state index contributed by atoms with van der Waals surface area (Å²) in [7, 11) is 1.43. The van der Waals surface area contributed by atoms with Gasteiger partial charge in [-0.25, -0.2) is 0 Å². The lowest BCUT2D eigenvalue weighted by Gasteiger charge is -2.21. The van der Waals surface area contributed by atoms with Crippen LogP contribution in [0.15, 0.2) is 30.3 Å². The summed E-state index contributed by atoms with van der Waals surface area (Å²) in [6.07, 6.45) is 0. The SMILES string of the molecule is COC(=O)C(C)C(C)NCC(C)c1ccccc1. The normalized spacial score (nSPS) is 15.8. The van der Waals surface area contributed by atoms with Crippen molar-refractivity contribution in [1.29, 1.82) is 0 Å². The van der Waals surface area contributed by atoms with Crippen LogP contribution in [0.25, 0.3) is 0 Å². The lowest BCUT2D eigenvalue weighted by molar-refractivity contribution is -0.145. The van der Waals surface area contributed by atoms with Gasteiger partial charge in [0, 0.05) is 12.6 Å². The average Bonchev–Trinajstić information content (AvgIpc) is 2.43. The average molecular weight is 249 g/mol. The molecule has 100 valence electrons. The summed E-state index contributed by atoms with van der Waals surface area (Å²) in [6, 6.07) is 10.5. The molecule has 18 heavy (non-hydrogen) atoms. The number of ether oxygens (including phenoxy) is 1. The van der Waals surface area contributed by atoms with Gasteiger partial charge in [-0.2, -0.15) is 0 Å². The Balaban J connectivity index is 2.43. The molecule has 1 aromatic rings. The predicted molar refractivity (Wildman–Crippen MR) is 73.5 cm³/mol. The number of methoxy groups -OCH3 is 1. The molecule has 3 unspecified atom stereocenters. The smallest absolute Gasteiger partial charge is 0.309 e. The zero-order valence-corrected chi connectivity index (χ0v) is 11.6. The first kappa shape index (κ1) is 14.7. The molecule has 0 aliphatic carbocycles. The van der Waals surface area contributed by atoms with Crippen LogP contribution in [0.1, 0.15) is 32.3 Å². The molecule has 0 spiro atoms. The molecule has 0 amide bonds. The van der Waals surface area contributed by atoms with Crippen molar-refractivity contribution in [3.05, 3.63) is 35.9 Å². The van der Waals surface area contributed by atoms with Crippen LogP contribution >= 0.6 is 0 Å². The third-order valence-electron chi connectivity index (χ3n) is 3.44. The Bertz CT molecular complexity index is 364. The lowest BCUT2D eigenvalue weighted by atomic mass is 9.99. The number of nitrogens with one attached hydrogen (secondary N) is 1. The Labute approximate surface area is 110 Å². The van der Waals surface area contributed by atoms with E-state index in [-0.39, 0.29) is 17.9 Å². The monoisotopic (exact) mass is 249 g/mol. The predicted octanol–water partition coefficient (Wildman–Crippen LogP) is 2.58. The highest BCUT2D eigenvalue weighted by Crippen LogP contribution is 2.14. The summed E-state index contributed by atoms with van der Waals surface area (Å²) in [5, 5.41) is 3.40. The number of rotatable bonds is 6. The maximum atomic E-state index is 11.4. The highest BCUT2D eigenvalue weighted by Gasteiger charge is 2.20. The van der Waals surface area contributed by atoms with E-state index >= 15 is 0 Å². The van der Waals surface area contributed by atoms with Crippen LogP contribution in [-0.2, 0) is 9.53 Å². The van der Waals surface area contributed by atoms with E-state index in [1.807, 2.05) is 32.0 Å². The molecule has 1 aromatic carbocycles. The van der Waals surface area contributed by atoms with E-state index in [4.69, 9.17) is 4.74 Å². The Kier molecular flexibility index (Phi) is 5.86. The maximum absolute atomic E-state index is 11.4. The molecule has 0 aliphatic rings. The van der Waals surface area contributed by atoms with Gasteiger partial charge < -0.3 is 10.1 Å². The fourth-order valence-electron chi connectivity index (χ4n) is 1.83. The number of hydrogen-bond acceptors (Lipinski definition) is 3. The summed E-state index contributed by atoms with van der Waals surface area (Å²) in [5.41, 5.74) is 1.31. The van der Waals surface area contributed by atoms with Gasteiger partial charge in [0.1, 0.15) is 0 Å². The molecule has 3 atom stereocenters. The van der Waals surface area contributed by atoms with E-state index in [0.717, 1.165) is 6.54 Å². The molecule has 0 saturated carbocycles. The number of benzene rings is 1. The van der Waals surface area contributed by atoms with Gasteiger partial charge in [-0.15, -0.1) is 0 Å². The van der Waals surface area contributed by atoms with Crippen LogP contribution in [-0.4, -0.2) is 25.7 Å². The summed E-state index contributed by atoms with van der Waals surface area (Å²) in [6.45, 7) is 6.93. The van der Waals surface area contributed by atoms with Gasteiger partial charge in [0.25, 0.3) is 0 Å². The van der Waals surface area contributed by atoms with E-state index in [2.05, 4.69) is 24.4 Å². The zero-order valence-electron chi connectivity index (χ0n) is 11.6. The zero-order chi connectivity index (χ0) is 13.5. The van der Waals surface area contributed by atoms with Gasteiger partial charge in [-0.3, -0.25) is 4.79 Å². The number of carbonyl (C=O) groups is 1. The second-order valence-electron chi connectivity index (χ2n) is 4.82. The minimum atomic E-state index is -0.164. The van der Waals surface area contributed by atoms with Crippen molar-refractivity contribution in [1.82, 2.24) is 5.32 Å². The molecule has 0 aliphatic heterocycles. The first-order chi connectivity index (χ1) is 8.56. The van der Waals surface area contributed by atoms with Crippen molar-refractivity contribution in [2.45, 2.75) is 32.7 Å². The van der Waals surface area contributed by atoms with Crippen LogP contribution < -0.4 is 5.32 Å². The fourth-order valence-corrected chi connectivity index (χ4v) is 1.83. The fraction of sp³-hybridized carbons (Fsp3) is 0.533. The standard InChI is InChI=1S/C15H23NO2/c1-11(14-8-6-5-7-9-14)10-16-13(3)12(2)15(17)18-4/h5-9,11-13,16H,10H2,1-4H3. The van der Waals surface area contributed by atoms with Gasteiger partial charge in [0.2, 0.25) is 0 Å². The van der Waals surface area contributed by atoms with Crippen LogP contribution in [0.5, 0.6) is 0 Å². The molecular formula is C15H23NO2.